The Kier molecular flexibility index (Phi) is 3.91. The number of sulfonamides is 1. The highest BCUT2D eigenvalue weighted by molar-refractivity contribution is 7.92. The summed E-state index contributed by atoms with van der Waals surface area (Å²) in [4.78, 5) is 16.5. The van der Waals surface area contributed by atoms with Crippen LogP contribution >= 0.6 is 0 Å². The van der Waals surface area contributed by atoms with Crippen molar-refractivity contribution in [3.05, 3.63) is 40.8 Å². The van der Waals surface area contributed by atoms with E-state index in [1.54, 1.807) is 27.3 Å². The maximum absolute atomic E-state index is 12.6. The third-order valence-corrected chi connectivity index (χ3v) is 5.82. The highest BCUT2D eigenvalue weighted by atomic mass is 32.2. The lowest BCUT2D eigenvalue weighted by Crippen LogP contribution is -2.23. The molecule has 1 aliphatic rings. The summed E-state index contributed by atoms with van der Waals surface area (Å²) in [6.45, 7) is 4.84. The first kappa shape index (κ1) is 16.9. The van der Waals surface area contributed by atoms with Gasteiger partial charge in [-0.3, -0.25) is 13.9 Å². The van der Waals surface area contributed by atoms with Crippen molar-refractivity contribution in [2.24, 2.45) is 0 Å². The van der Waals surface area contributed by atoms with Gasteiger partial charge in [0.15, 0.2) is 5.89 Å². The van der Waals surface area contributed by atoms with Gasteiger partial charge in [0, 0.05) is 19.0 Å². The third kappa shape index (κ3) is 2.72. The minimum absolute atomic E-state index is 0.102. The molecule has 2 heterocycles. The zero-order valence-electron chi connectivity index (χ0n) is 14.6. The molecule has 3 aromatic rings. The molecule has 1 fully saturated rings. The topological polar surface area (TPSA) is 99.1 Å². The average molecular weight is 376 g/mol. The van der Waals surface area contributed by atoms with E-state index < -0.39 is 10.0 Å². The van der Waals surface area contributed by atoms with Crippen molar-refractivity contribution < 1.29 is 12.8 Å². The second-order valence-corrected chi connectivity index (χ2v) is 7.99. The van der Waals surface area contributed by atoms with E-state index in [9.17, 15) is 13.2 Å². The number of hydrogen-bond acceptors (Lipinski definition) is 5. The second-order valence-electron chi connectivity index (χ2n) is 6.37. The first-order chi connectivity index (χ1) is 12.4. The molecule has 0 spiro atoms. The predicted octanol–water partition coefficient (Wildman–Crippen LogP) is 2.51. The summed E-state index contributed by atoms with van der Waals surface area (Å²) in [5.41, 5.74) is 1.74. The molecule has 1 aliphatic carbocycles. The van der Waals surface area contributed by atoms with Crippen LogP contribution in [0.15, 0.2) is 38.7 Å². The molecule has 9 heteroatoms. The third-order valence-electron chi connectivity index (χ3n) is 4.60. The van der Waals surface area contributed by atoms with E-state index in [0.717, 1.165) is 18.4 Å². The van der Waals surface area contributed by atoms with Crippen LogP contribution in [0.25, 0.3) is 11.0 Å². The van der Waals surface area contributed by atoms with Crippen LogP contribution in [0, 0.1) is 0 Å². The summed E-state index contributed by atoms with van der Waals surface area (Å²) in [6.07, 6.45) is 3.20. The first-order valence-electron chi connectivity index (χ1n) is 8.66. The molecule has 4 rings (SSSR count). The molecule has 0 unspecified atom stereocenters. The standard InChI is InChI=1S/C17H20N4O4S/c1-3-20-13-8-7-12(9-14(13)21(4-2)17(20)22)19-26(23,24)15-10-18-16(25-15)11-5-6-11/h7-11,19H,3-6H2,1-2H3. The van der Waals surface area contributed by atoms with Crippen molar-refractivity contribution in [1.29, 1.82) is 0 Å². The minimum Gasteiger partial charge on any atom is -0.427 e. The first-order valence-corrected chi connectivity index (χ1v) is 10.1. The van der Waals surface area contributed by atoms with Gasteiger partial charge >= 0.3 is 5.69 Å². The fourth-order valence-electron chi connectivity index (χ4n) is 3.12. The molecular formula is C17H20N4O4S. The summed E-state index contributed by atoms with van der Waals surface area (Å²) in [5.74, 6) is 0.712. The molecule has 0 saturated heterocycles. The van der Waals surface area contributed by atoms with Crippen LogP contribution in [0.1, 0.15) is 38.5 Å². The summed E-state index contributed by atoms with van der Waals surface area (Å²) in [7, 11) is -3.87. The summed E-state index contributed by atoms with van der Waals surface area (Å²) in [5, 5.41) is -0.196. The Hall–Kier alpha value is -2.55. The maximum Gasteiger partial charge on any atom is 0.329 e. The lowest BCUT2D eigenvalue weighted by Gasteiger charge is -2.06. The molecule has 138 valence electrons. The molecular weight excluding hydrogens is 356 g/mol. The van der Waals surface area contributed by atoms with Gasteiger partial charge in [0.05, 0.1) is 22.9 Å². The number of rotatable bonds is 6. The highest BCUT2D eigenvalue weighted by Gasteiger charge is 2.31. The number of fused-ring (bicyclic) bond motifs is 1. The Labute approximate surface area is 150 Å². The Balaban J connectivity index is 1.71. The number of oxazole rings is 1. The van der Waals surface area contributed by atoms with E-state index in [-0.39, 0.29) is 16.7 Å². The molecule has 0 amide bonds. The molecule has 1 N–H and O–H groups in total. The fraction of sp³-hybridized carbons (Fsp3) is 0.412. The Morgan fingerprint density at radius 1 is 1.19 bits per heavy atom. The van der Waals surface area contributed by atoms with E-state index in [4.69, 9.17) is 4.42 Å². The van der Waals surface area contributed by atoms with Gasteiger partial charge in [-0.05, 0) is 44.9 Å². The molecule has 0 atom stereocenters. The SMILES string of the molecule is CCn1c(=O)n(CC)c2cc(NS(=O)(=O)c3cnc(C4CC4)o3)ccc21. The number of anilines is 1. The lowest BCUT2D eigenvalue weighted by atomic mass is 10.3. The van der Waals surface area contributed by atoms with Crippen LogP contribution in [0.5, 0.6) is 0 Å². The van der Waals surface area contributed by atoms with Gasteiger partial charge < -0.3 is 4.42 Å². The second kappa shape index (κ2) is 6.01. The fourth-order valence-corrected chi connectivity index (χ4v) is 4.04. The van der Waals surface area contributed by atoms with Crippen molar-refractivity contribution in [2.75, 3.05) is 4.72 Å². The lowest BCUT2D eigenvalue weighted by molar-refractivity contribution is 0.410. The van der Waals surface area contributed by atoms with E-state index in [1.807, 2.05) is 13.8 Å². The highest BCUT2D eigenvalue weighted by Crippen LogP contribution is 2.40. The zero-order chi connectivity index (χ0) is 18.5. The quantitative estimate of drug-likeness (QED) is 0.713. The van der Waals surface area contributed by atoms with Crippen molar-refractivity contribution >= 4 is 26.7 Å². The van der Waals surface area contributed by atoms with Crippen LogP contribution in [0.4, 0.5) is 5.69 Å². The number of aromatic nitrogens is 3. The van der Waals surface area contributed by atoms with Gasteiger partial charge in [0.2, 0.25) is 0 Å². The molecule has 0 radical (unpaired) electrons. The van der Waals surface area contributed by atoms with E-state index in [2.05, 4.69) is 9.71 Å². The van der Waals surface area contributed by atoms with Gasteiger partial charge in [-0.25, -0.2) is 9.78 Å². The van der Waals surface area contributed by atoms with Crippen LogP contribution < -0.4 is 10.4 Å². The number of hydrogen-bond donors (Lipinski definition) is 1. The van der Waals surface area contributed by atoms with Gasteiger partial charge in [-0.2, -0.15) is 8.42 Å². The maximum atomic E-state index is 12.6. The summed E-state index contributed by atoms with van der Waals surface area (Å²) >= 11 is 0. The van der Waals surface area contributed by atoms with Gasteiger partial charge in [0.1, 0.15) is 0 Å². The average Bonchev–Trinajstić information content (AvgIpc) is 3.26. The van der Waals surface area contributed by atoms with Crippen molar-refractivity contribution in [1.82, 2.24) is 14.1 Å². The van der Waals surface area contributed by atoms with E-state index >= 15 is 0 Å². The van der Waals surface area contributed by atoms with Crippen LogP contribution in [-0.2, 0) is 23.1 Å². The van der Waals surface area contributed by atoms with Crippen LogP contribution in [0.3, 0.4) is 0 Å². The molecule has 1 saturated carbocycles. The number of imidazole rings is 1. The van der Waals surface area contributed by atoms with E-state index in [1.165, 1.54) is 6.20 Å². The smallest absolute Gasteiger partial charge is 0.329 e. The van der Waals surface area contributed by atoms with Crippen molar-refractivity contribution in [2.45, 2.75) is 50.8 Å². The van der Waals surface area contributed by atoms with Gasteiger partial charge in [0.25, 0.3) is 15.1 Å². The Morgan fingerprint density at radius 3 is 2.54 bits per heavy atom. The van der Waals surface area contributed by atoms with Crippen molar-refractivity contribution in [3.8, 4) is 0 Å². The predicted molar refractivity (Wildman–Crippen MR) is 96.8 cm³/mol. The Bertz CT molecular complexity index is 1140. The molecule has 1 aromatic carbocycles. The van der Waals surface area contributed by atoms with Gasteiger partial charge in [-0.1, -0.05) is 0 Å². The van der Waals surface area contributed by atoms with Crippen molar-refractivity contribution in [3.63, 3.8) is 0 Å². The Morgan fingerprint density at radius 2 is 1.88 bits per heavy atom. The van der Waals surface area contributed by atoms with Gasteiger partial charge in [-0.15, -0.1) is 0 Å². The van der Waals surface area contributed by atoms with Crippen LogP contribution in [0.2, 0.25) is 0 Å². The molecule has 2 aromatic heterocycles. The molecule has 26 heavy (non-hydrogen) atoms. The monoisotopic (exact) mass is 376 g/mol. The number of benzene rings is 1. The zero-order valence-corrected chi connectivity index (χ0v) is 15.4. The van der Waals surface area contributed by atoms with E-state index in [0.29, 0.717) is 30.2 Å². The van der Waals surface area contributed by atoms with Crippen LogP contribution in [-0.4, -0.2) is 22.5 Å². The number of aryl methyl sites for hydroxylation is 2. The molecule has 0 bridgehead atoms. The number of nitrogens with zero attached hydrogens (tertiary/aromatic N) is 3. The number of nitrogens with one attached hydrogen (secondary N) is 1. The normalized spacial score (nSPS) is 14.8. The minimum atomic E-state index is -3.87. The summed E-state index contributed by atoms with van der Waals surface area (Å²) < 4.78 is 36.3. The molecule has 0 aliphatic heterocycles. The largest absolute Gasteiger partial charge is 0.427 e. The molecule has 8 nitrogen and oxygen atoms in total. The summed E-state index contributed by atoms with van der Waals surface area (Å²) in [6, 6.07) is 5.06.